The largest absolute Gasteiger partial charge is 0.497 e. The van der Waals surface area contributed by atoms with Crippen LogP contribution in [0.2, 0.25) is 0 Å². The smallest absolute Gasteiger partial charge is 0.257 e. The Labute approximate surface area is 150 Å². The molecule has 26 heavy (non-hydrogen) atoms. The molecule has 0 aliphatic heterocycles. The lowest BCUT2D eigenvalue weighted by atomic mass is 10.2. The Bertz CT molecular complexity index is 880. The van der Waals surface area contributed by atoms with Gasteiger partial charge in [0.25, 0.3) is 5.91 Å². The number of hydrogen-bond acceptors (Lipinski definition) is 4. The van der Waals surface area contributed by atoms with Gasteiger partial charge in [0.15, 0.2) is 0 Å². The van der Waals surface area contributed by atoms with Gasteiger partial charge in [0, 0.05) is 18.4 Å². The van der Waals surface area contributed by atoms with Crippen molar-refractivity contribution in [3.05, 3.63) is 83.8 Å². The molecule has 0 fully saturated rings. The number of halogens is 1. The maximum atomic E-state index is 13.2. The lowest BCUT2D eigenvalue weighted by Crippen LogP contribution is -2.12. The van der Waals surface area contributed by atoms with Crippen LogP contribution in [-0.4, -0.2) is 18.0 Å². The first-order chi connectivity index (χ1) is 12.6. The molecule has 1 aromatic heterocycles. The second kappa shape index (κ2) is 8.11. The topological polar surface area (TPSA) is 63.2 Å². The fourth-order valence-electron chi connectivity index (χ4n) is 2.34. The van der Waals surface area contributed by atoms with Gasteiger partial charge in [-0.25, -0.2) is 9.37 Å². The zero-order valence-electron chi connectivity index (χ0n) is 14.2. The molecule has 0 aliphatic carbocycles. The van der Waals surface area contributed by atoms with Crippen molar-refractivity contribution in [3.8, 4) is 5.75 Å². The molecule has 6 heteroatoms. The van der Waals surface area contributed by atoms with E-state index in [0.29, 0.717) is 23.6 Å². The van der Waals surface area contributed by atoms with Crippen molar-refractivity contribution >= 4 is 17.4 Å². The van der Waals surface area contributed by atoms with Crippen LogP contribution in [0, 0.1) is 5.82 Å². The van der Waals surface area contributed by atoms with Crippen LogP contribution in [0.25, 0.3) is 0 Å². The number of methoxy groups -OCH3 is 1. The van der Waals surface area contributed by atoms with Crippen LogP contribution in [0.1, 0.15) is 15.9 Å². The summed E-state index contributed by atoms with van der Waals surface area (Å²) in [6.45, 7) is 0.603. The van der Waals surface area contributed by atoms with Gasteiger partial charge in [-0.05, 0) is 48.0 Å². The van der Waals surface area contributed by atoms with E-state index in [1.165, 1.54) is 24.4 Å². The van der Waals surface area contributed by atoms with Crippen molar-refractivity contribution in [1.82, 2.24) is 4.98 Å². The van der Waals surface area contributed by atoms with Crippen molar-refractivity contribution < 1.29 is 13.9 Å². The Kier molecular flexibility index (Phi) is 5.43. The third-order valence-corrected chi connectivity index (χ3v) is 3.74. The van der Waals surface area contributed by atoms with E-state index in [4.69, 9.17) is 4.74 Å². The van der Waals surface area contributed by atoms with Crippen LogP contribution in [-0.2, 0) is 6.54 Å². The Morgan fingerprint density at radius 1 is 1.12 bits per heavy atom. The first kappa shape index (κ1) is 17.4. The summed E-state index contributed by atoms with van der Waals surface area (Å²) in [5, 5.41) is 5.82. The molecule has 0 saturated heterocycles. The fourth-order valence-corrected chi connectivity index (χ4v) is 2.34. The SMILES string of the molecule is COc1ccc(CNc2ccc(C(=O)Nc3cccc(F)c3)cn2)cc1. The van der Waals surface area contributed by atoms with E-state index in [1.54, 1.807) is 25.3 Å². The highest BCUT2D eigenvalue weighted by molar-refractivity contribution is 6.04. The van der Waals surface area contributed by atoms with E-state index in [0.717, 1.165) is 11.3 Å². The van der Waals surface area contributed by atoms with E-state index in [2.05, 4.69) is 15.6 Å². The minimum Gasteiger partial charge on any atom is -0.497 e. The number of nitrogens with zero attached hydrogens (tertiary/aromatic N) is 1. The van der Waals surface area contributed by atoms with Gasteiger partial charge in [-0.15, -0.1) is 0 Å². The van der Waals surface area contributed by atoms with Crippen molar-refractivity contribution in [1.29, 1.82) is 0 Å². The molecule has 0 spiro atoms. The van der Waals surface area contributed by atoms with E-state index in [1.807, 2.05) is 24.3 Å². The van der Waals surface area contributed by atoms with Crippen molar-refractivity contribution in [2.45, 2.75) is 6.54 Å². The van der Waals surface area contributed by atoms with Crippen molar-refractivity contribution in [2.75, 3.05) is 17.7 Å². The lowest BCUT2D eigenvalue weighted by molar-refractivity contribution is 0.102. The van der Waals surface area contributed by atoms with E-state index >= 15 is 0 Å². The average Bonchev–Trinajstić information content (AvgIpc) is 2.67. The van der Waals surface area contributed by atoms with Gasteiger partial charge in [-0.2, -0.15) is 0 Å². The molecular formula is C20H18FN3O2. The summed E-state index contributed by atoms with van der Waals surface area (Å²) in [6.07, 6.45) is 1.48. The Morgan fingerprint density at radius 2 is 1.92 bits per heavy atom. The zero-order chi connectivity index (χ0) is 18.4. The molecule has 2 N–H and O–H groups in total. The normalized spacial score (nSPS) is 10.2. The van der Waals surface area contributed by atoms with Crippen LogP contribution in [0.5, 0.6) is 5.75 Å². The molecule has 0 unspecified atom stereocenters. The summed E-state index contributed by atoms with van der Waals surface area (Å²) in [5.41, 5.74) is 1.88. The summed E-state index contributed by atoms with van der Waals surface area (Å²) >= 11 is 0. The molecule has 3 rings (SSSR count). The van der Waals surface area contributed by atoms with Gasteiger partial charge < -0.3 is 15.4 Å². The minimum atomic E-state index is -0.404. The number of pyridine rings is 1. The highest BCUT2D eigenvalue weighted by atomic mass is 19.1. The summed E-state index contributed by atoms with van der Waals surface area (Å²) in [4.78, 5) is 16.4. The number of amides is 1. The molecule has 2 aromatic carbocycles. The predicted octanol–water partition coefficient (Wildman–Crippen LogP) is 4.09. The zero-order valence-corrected chi connectivity index (χ0v) is 14.2. The summed E-state index contributed by atoms with van der Waals surface area (Å²) in [5.74, 6) is 0.715. The van der Waals surface area contributed by atoms with Crippen LogP contribution in [0.15, 0.2) is 66.9 Å². The third-order valence-electron chi connectivity index (χ3n) is 3.74. The first-order valence-corrected chi connectivity index (χ1v) is 8.04. The predicted molar refractivity (Wildman–Crippen MR) is 98.9 cm³/mol. The van der Waals surface area contributed by atoms with Crippen molar-refractivity contribution in [2.24, 2.45) is 0 Å². The highest BCUT2D eigenvalue weighted by Crippen LogP contribution is 2.14. The lowest BCUT2D eigenvalue weighted by Gasteiger charge is -2.08. The second-order valence-electron chi connectivity index (χ2n) is 5.60. The highest BCUT2D eigenvalue weighted by Gasteiger charge is 2.07. The maximum Gasteiger partial charge on any atom is 0.257 e. The van der Waals surface area contributed by atoms with E-state index < -0.39 is 5.82 Å². The fraction of sp³-hybridized carbons (Fsp3) is 0.100. The molecular weight excluding hydrogens is 333 g/mol. The molecule has 5 nitrogen and oxygen atoms in total. The van der Waals surface area contributed by atoms with E-state index in [-0.39, 0.29) is 5.91 Å². The number of carbonyl (C=O) groups excluding carboxylic acids is 1. The number of rotatable bonds is 6. The van der Waals surface area contributed by atoms with Crippen LogP contribution >= 0.6 is 0 Å². The number of carbonyl (C=O) groups is 1. The molecule has 0 bridgehead atoms. The molecule has 1 amide bonds. The Hall–Kier alpha value is -3.41. The molecule has 3 aromatic rings. The number of anilines is 2. The summed E-state index contributed by atoms with van der Waals surface area (Å²) in [6, 6.07) is 16.8. The first-order valence-electron chi connectivity index (χ1n) is 8.04. The van der Waals surface area contributed by atoms with Crippen LogP contribution in [0.3, 0.4) is 0 Å². The Morgan fingerprint density at radius 3 is 2.58 bits per heavy atom. The number of ether oxygens (including phenoxy) is 1. The number of hydrogen-bond donors (Lipinski definition) is 2. The van der Waals surface area contributed by atoms with Crippen LogP contribution in [0.4, 0.5) is 15.9 Å². The van der Waals surface area contributed by atoms with Gasteiger partial charge in [-0.1, -0.05) is 18.2 Å². The number of nitrogens with one attached hydrogen (secondary N) is 2. The standard InChI is InChI=1S/C20H18FN3O2/c1-26-18-8-5-14(6-9-18)12-22-19-10-7-15(13-23-19)20(25)24-17-4-2-3-16(21)11-17/h2-11,13H,12H2,1H3,(H,22,23)(H,24,25). The van der Waals surface area contributed by atoms with E-state index in [9.17, 15) is 9.18 Å². The molecule has 132 valence electrons. The van der Waals surface area contributed by atoms with Gasteiger partial charge in [0.2, 0.25) is 0 Å². The van der Waals surface area contributed by atoms with Gasteiger partial charge in [-0.3, -0.25) is 4.79 Å². The molecule has 0 atom stereocenters. The quantitative estimate of drug-likeness (QED) is 0.702. The summed E-state index contributed by atoms with van der Waals surface area (Å²) in [7, 11) is 1.63. The molecule has 0 radical (unpaired) electrons. The molecule has 1 heterocycles. The monoisotopic (exact) mass is 351 g/mol. The van der Waals surface area contributed by atoms with Crippen LogP contribution < -0.4 is 15.4 Å². The molecule has 0 aliphatic rings. The van der Waals surface area contributed by atoms with Gasteiger partial charge in [0.05, 0.1) is 12.7 Å². The third kappa shape index (κ3) is 4.57. The average molecular weight is 351 g/mol. The number of benzene rings is 2. The Balaban J connectivity index is 1.57. The van der Waals surface area contributed by atoms with Crippen molar-refractivity contribution in [3.63, 3.8) is 0 Å². The number of aromatic nitrogens is 1. The minimum absolute atomic E-state index is 0.343. The molecule has 0 saturated carbocycles. The summed E-state index contributed by atoms with van der Waals surface area (Å²) < 4.78 is 18.3. The van der Waals surface area contributed by atoms with Gasteiger partial charge >= 0.3 is 0 Å². The maximum absolute atomic E-state index is 13.2. The second-order valence-corrected chi connectivity index (χ2v) is 5.60. The van der Waals surface area contributed by atoms with Gasteiger partial charge in [0.1, 0.15) is 17.4 Å².